The first-order valence-electron chi connectivity index (χ1n) is 7.07. The van der Waals surface area contributed by atoms with Crippen molar-refractivity contribution >= 4 is 11.9 Å². The Morgan fingerprint density at radius 3 is 2.65 bits per heavy atom. The third-order valence-corrected chi connectivity index (χ3v) is 3.63. The quantitative estimate of drug-likeness (QED) is 0.650. The van der Waals surface area contributed by atoms with Crippen molar-refractivity contribution in [1.29, 1.82) is 0 Å². The standard InChI is InChI=1S/C15H19NO7/c1-22-12-3-2-9(4-13(12)23-8-14(18)19)6-16-7-10(17)5-11(16)15(20)21/h2-4,10-11,17H,5-8H2,1H3,(H,18,19)(H,20,21)/t10-,11+/m1/s1. The maximum absolute atomic E-state index is 11.2. The van der Waals surface area contributed by atoms with Crippen LogP contribution in [-0.4, -0.2) is 64.6 Å². The molecule has 1 aliphatic rings. The van der Waals surface area contributed by atoms with Gasteiger partial charge in [0.15, 0.2) is 18.1 Å². The third kappa shape index (κ3) is 4.33. The number of β-amino-alcohol motifs (C(OH)–C–C–N with tert-alkyl or cyclic N) is 1. The molecule has 0 aliphatic carbocycles. The van der Waals surface area contributed by atoms with Crippen LogP contribution in [0, 0.1) is 0 Å². The number of aliphatic hydroxyl groups is 1. The van der Waals surface area contributed by atoms with Gasteiger partial charge in [-0.05, 0) is 17.7 Å². The second kappa shape index (κ2) is 7.30. The molecule has 0 amide bonds. The van der Waals surface area contributed by atoms with Crippen LogP contribution in [0.25, 0.3) is 0 Å². The number of aliphatic carboxylic acids is 2. The topological polar surface area (TPSA) is 117 Å². The van der Waals surface area contributed by atoms with Gasteiger partial charge < -0.3 is 24.8 Å². The number of carboxylic acid groups (broad SMARTS) is 2. The van der Waals surface area contributed by atoms with E-state index in [9.17, 15) is 19.8 Å². The Bertz CT molecular complexity index is 589. The lowest BCUT2D eigenvalue weighted by molar-refractivity contribution is -0.142. The first-order chi connectivity index (χ1) is 10.9. The first kappa shape index (κ1) is 17.0. The van der Waals surface area contributed by atoms with Crippen molar-refractivity contribution in [2.24, 2.45) is 0 Å². The minimum atomic E-state index is -1.11. The maximum Gasteiger partial charge on any atom is 0.341 e. The average molecular weight is 325 g/mol. The number of likely N-dealkylation sites (tertiary alicyclic amines) is 1. The molecule has 3 N–H and O–H groups in total. The van der Waals surface area contributed by atoms with Crippen molar-refractivity contribution in [3.8, 4) is 11.5 Å². The molecule has 0 saturated carbocycles. The molecule has 1 aliphatic heterocycles. The zero-order valence-corrected chi connectivity index (χ0v) is 12.6. The lowest BCUT2D eigenvalue weighted by Gasteiger charge is -2.21. The predicted octanol–water partition coefficient (Wildman–Crippen LogP) is 0.178. The van der Waals surface area contributed by atoms with Gasteiger partial charge in [0.25, 0.3) is 0 Å². The van der Waals surface area contributed by atoms with E-state index in [1.54, 1.807) is 23.1 Å². The Hall–Kier alpha value is -2.32. The Morgan fingerprint density at radius 2 is 2.04 bits per heavy atom. The van der Waals surface area contributed by atoms with Crippen molar-refractivity contribution in [3.63, 3.8) is 0 Å². The highest BCUT2D eigenvalue weighted by Crippen LogP contribution is 2.30. The summed E-state index contributed by atoms with van der Waals surface area (Å²) in [4.78, 5) is 23.5. The number of carbonyl (C=O) groups is 2. The Kier molecular flexibility index (Phi) is 5.41. The van der Waals surface area contributed by atoms with Gasteiger partial charge in [0.05, 0.1) is 13.2 Å². The minimum Gasteiger partial charge on any atom is -0.493 e. The highest BCUT2D eigenvalue weighted by atomic mass is 16.5. The van der Waals surface area contributed by atoms with Crippen molar-refractivity contribution in [3.05, 3.63) is 23.8 Å². The minimum absolute atomic E-state index is 0.188. The maximum atomic E-state index is 11.2. The van der Waals surface area contributed by atoms with E-state index >= 15 is 0 Å². The molecule has 1 heterocycles. The number of hydrogen-bond donors (Lipinski definition) is 3. The number of rotatable bonds is 7. The number of hydrogen-bond acceptors (Lipinski definition) is 6. The van der Waals surface area contributed by atoms with E-state index in [2.05, 4.69) is 0 Å². The number of aliphatic hydroxyl groups excluding tert-OH is 1. The zero-order valence-electron chi connectivity index (χ0n) is 12.6. The number of carboxylic acids is 2. The Morgan fingerprint density at radius 1 is 1.30 bits per heavy atom. The molecule has 0 radical (unpaired) electrons. The molecule has 2 atom stereocenters. The smallest absolute Gasteiger partial charge is 0.341 e. The monoisotopic (exact) mass is 325 g/mol. The van der Waals surface area contributed by atoms with Crippen molar-refractivity contribution in [2.45, 2.75) is 25.1 Å². The van der Waals surface area contributed by atoms with Crippen LogP contribution in [0.15, 0.2) is 18.2 Å². The van der Waals surface area contributed by atoms with E-state index < -0.39 is 30.7 Å². The van der Waals surface area contributed by atoms with E-state index in [1.165, 1.54) is 7.11 Å². The van der Waals surface area contributed by atoms with Gasteiger partial charge in [-0.25, -0.2) is 4.79 Å². The summed E-state index contributed by atoms with van der Waals surface area (Å²) >= 11 is 0. The van der Waals surface area contributed by atoms with Gasteiger partial charge in [-0.3, -0.25) is 9.69 Å². The molecule has 0 aromatic heterocycles. The van der Waals surface area contributed by atoms with Crippen LogP contribution in [-0.2, 0) is 16.1 Å². The molecule has 1 fully saturated rings. The van der Waals surface area contributed by atoms with E-state index in [1.807, 2.05) is 0 Å². The summed E-state index contributed by atoms with van der Waals surface area (Å²) in [6, 6.07) is 4.26. The van der Waals surface area contributed by atoms with Crippen molar-refractivity contribution in [2.75, 3.05) is 20.3 Å². The largest absolute Gasteiger partial charge is 0.493 e. The second-order valence-electron chi connectivity index (χ2n) is 5.34. The molecule has 1 saturated heterocycles. The van der Waals surface area contributed by atoms with Crippen LogP contribution >= 0.6 is 0 Å². The molecule has 0 bridgehead atoms. The summed E-state index contributed by atoms with van der Waals surface area (Å²) in [6.07, 6.45) is -0.481. The Balaban J connectivity index is 2.14. The fraction of sp³-hybridized carbons (Fsp3) is 0.467. The highest BCUT2D eigenvalue weighted by molar-refractivity contribution is 5.74. The molecular formula is C15H19NO7. The summed E-state index contributed by atoms with van der Waals surface area (Å²) in [5.41, 5.74) is 0.742. The van der Waals surface area contributed by atoms with Crippen molar-refractivity contribution in [1.82, 2.24) is 4.90 Å². The fourth-order valence-corrected chi connectivity index (χ4v) is 2.62. The third-order valence-electron chi connectivity index (χ3n) is 3.63. The molecule has 0 spiro atoms. The molecule has 126 valence electrons. The SMILES string of the molecule is COc1ccc(CN2C[C@H](O)C[C@H]2C(=O)O)cc1OCC(=O)O. The van der Waals surface area contributed by atoms with Gasteiger partial charge in [0.2, 0.25) is 0 Å². The van der Waals surface area contributed by atoms with E-state index in [0.717, 1.165) is 5.56 Å². The van der Waals surface area contributed by atoms with Gasteiger partial charge >= 0.3 is 11.9 Å². The number of benzene rings is 1. The van der Waals surface area contributed by atoms with E-state index in [0.29, 0.717) is 12.3 Å². The second-order valence-corrected chi connectivity index (χ2v) is 5.34. The summed E-state index contributed by atoms with van der Waals surface area (Å²) in [7, 11) is 1.44. The van der Waals surface area contributed by atoms with Gasteiger partial charge in [-0.1, -0.05) is 6.07 Å². The molecule has 2 rings (SSSR count). The highest BCUT2D eigenvalue weighted by Gasteiger charge is 2.35. The van der Waals surface area contributed by atoms with Crippen molar-refractivity contribution < 1.29 is 34.4 Å². The lowest BCUT2D eigenvalue weighted by atomic mass is 10.1. The number of methoxy groups -OCH3 is 1. The Labute approximate surface area is 132 Å². The normalized spacial score (nSPS) is 21.1. The number of nitrogens with zero attached hydrogens (tertiary/aromatic N) is 1. The molecule has 0 unspecified atom stereocenters. The van der Waals surface area contributed by atoms with Crippen LogP contribution in [0.1, 0.15) is 12.0 Å². The average Bonchev–Trinajstić information content (AvgIpc) is 2.86. The predicted molar refractivity (Wildman–Crippen MR) is 78.6 cm³/mol. The molecule has 23 heavy (non-hydrogen) atoms. The molecule has 1 aromatic carbocycles. The molecular weight excluding hydrogens is 306 g/mol. The van der Waals surface area contributed by atoms with Gasteiger partial charge in [0.1, 0.15) is 6.04 Å². The summed E-state index contributed by atoms with van der Waals surface area (Å²) in [5.74, 6) is -1.41. The zero-order chi connectivity index (χ0) is 17.0. The van der Waals surface area contributed by atoms with Crippen LogP contribution in [0.4, 0.5) is 0 Å². The molecule has 8 nitrogen and oxygen atoms in total. The van der Waals surface area contributed by atoms with Gasteiger partial charge in [-0.15, -0.1) is 0 Å². The molecule has 8 heteroatoms. The summed E-state index contributed by atoms with van der Waals surface area (Å²) in [6.45, 7) is 0.0791. The summed E-state index contributed by atoms with van der Waals surface area (Å²) in [5, 5.41) is 27.6. The van der Waals surface area contributed by atoms with E-state index in [-0.39, 0.29) is 18.7 Å². The number of ether oxygens (including phenoxy) is 2. The van der Waals surface area contributed by atoms with Crippen LogP contribution in [0.3, 0.4) is 0 Å². The van der Waals surface area contributed by atoms with Crippen LogP contribution < -0.4 is 9.47 Å². The van der Waals surface area contributed by atoms with E-state index in [4.69, 9.17) is 14.6 Å². The first-order valence-corrected chi connectivity index (χ1v) is 7.07. The van der Waals surface area contributed by atoms with Crippen LogP contribution in [0.5, 0.6) is 11.5 Å². The lowest BCUT2D eigenvalue weighted by Crippen LogP contribution is -2.35. The van der Waals surface area contributed by atoms with Gasteiger partial charge in [-0.2, -0.15) is 0 Å². The van der Waals surface area contributed by atoms with Gasteiger partial charge in [0, 0.05) is 19.5 Å². The fourth-order valence-electron chi connectivity index (χ4n) is 2.62. The van der Waals surface area contributed by atoms with Crippen LogP contribution in [0.2, 0.25) is 0 Å². The summed E-state index contributed by atoms with van der Waals surface area (Å²) < 4.78 is 10.3. The molecule has 1 aromatic rings.